The van der Waals surface area contributed by atoms with Crippen molar-refractivity contribution in [3.63, 3.8) is 0 Å². The molecule has 1 rings (SSSR count). The molecular weight excluding hydrogens is 228 g/mol. The smallest absolute Gasteiger partial charge is 0.223 e. The number of nitrogens with two attached hydrogens (primary N) is 1. The van der Waals surface area contributed by atoms with Crippen molar-refractivity contribution < 1.29 is 9.53 Å². The number of rotatable bonds is 6. The number of benzene rings is 1. The third-order valence-corrected chi connectivity index (χ3v) is 3.04. The third kappa shape index (κ3) is 4.13. The maximum absolute atomic E-state index is 11.8. The molecule has 0 saturated carbocycles. The molecule has 0 fully saturated rings. The van der Waals surface area contributed by atoms with Crippen molar-refractivity contribution in [1.82, 2.24) is 5.32 Å². The number of hydrogen-bond donors (Lipinski definition) is 2. The third-order valence-electron chi connectivity index (χ3n) is 3.04. The van der Waals surface area contributed by atoms with E-state index in [-0.39, 0.29) is 18.1 Å². The number of carbonyl (C=O) groups excluding carboxylic acids is 1. The summed E-state index contributed by atoms with van der Waals surface area (Å²) in [4.78, 5) is 11.8. The predicted molar refractivity (Wildman–Crippen MR) is 72.2 cm³/mol. The summed E-state index contributed by atoms with van der Waals surface area (Å²) in [5, 5.41) is 2.96. The molecule has 100 valence electrons. The summed E-state index contributed by atoms with van der Waals surface area (Å²) < 4.78 is 5.10. The summed E-state index contributed by atoms with van der Waals surface area (Å²) in [5.41, 5.74) is 7.80. The van der Waals surface area contributed by atoms with Gasteiger partial charge in [-0.05, 0) is 25.0 Å². The Bertz CT molecular complexity index is 389. The molecule has 1 amide bonds. The first-order valence-corrected chi connectivity index (χ1v) is 6.16. The van der Waals surface area contributed by atoms with Gasteiger partial charge in [0, 0.05) is 13.7 Å². The van der Waals surface area contributed by atoms with E-state index in [4.69, 9.17) is 10.5 Å². The van der Waals surface area contributed by atoms with E-state index < -0.39 is 0 Å². The molecule has 0 spiro atoms. The van der Waals surface area contributed by atoms with Gasteiger partial charge in [-0.3, -0.25) is 4.79 Å². The lowest BCUT2D eigenvalue weighted by atomic mass is 10.0. The predicted octanol–water partition coefficient (Wildman–Crippen LogP) is 1.54. The van der Waals surface area contributed by atoms with Crippen LogP contribution in [0.3, 0.4) is 0 Å². The van der Waals surface area contributed by atoms with E-state index in [1.54, 1.807) is 7.11 Å². The zero-order valence-electron chi connectivity index (χ0n) is 11.3. The van der Waals surface area contributed by atoms with E-state index in [1.165, 1.54) is 5.56 Å². The molecule has 0 saturated heterocycles. The van der Waals surface area contributed by atoms with Crippen molar-refractivity contribution in [1.29, 1.82) is 0 Å². The summed E-state index contributed by atoms with van der Waals surface area (Å²) >= 11 is 0. The zero-order valence-corrected chi connectivity index (χ0v) is 11.3. The van der Waals surface area contributed by atoms with Crippen LogP contribution in [0.2, 0.25) is 0 Å². The molecule has 1 aromatic rings. The Morgan fingerprint density at radius 1 is 1.44 bits per heavy atom. The first-order chi connectivity index (χ1) is 8.58. The van der Waals surface area contributed by atoms with Crippen molar-refractivity contribution >= 4 is 5.91 Å². The molecule has 0 bridgehead atoms. The Morgan fingerprint density at radius 2 is 2.11 bits per heavy atom. The molecule has 2 atom stereocenters. The lowest BCUT2D eigenvalue weighted by molar-refractivity contribution is -0.124. The van der Waals surface area contributed by atoms with Crippen LogP contribution >= 0.6 is 0 Å². The molecule has 1 aromatic carbocycles. The Morgan fingerprint density at radius 3 is 2.67 bits per heavy atom. The number of aryl methyl sites for hydroxylation is 1. The topological polar surface area (TPSA) is 64.3 Å². The van der Waals surface area contributed by atoms with Crippen LogP contribution in [-0.4, -0.2) is 25.7 Å². The molecule has 0 aromatic heterocycles. The van der Waals surface area contributed by atoms with Crippen LogP contribution in [0, 0.1) is 6.92 Å². The highest BCUT2D eigenvalue weighted by Crippen LogP contribution is 2.16. The average molecular weight is 250 g/mol. The molecule has 0 radical (unpaired) electrons. The molecule has 3 N–H and O–H groups in total. The van der Waals surface area contributed by atoms with Crippen LogP contribution in [0.5, 0.6) is 0 Å². The van der Waals surface area contributed by atoms with Crippen molar-refractivity contribution in [3.05, 3.63) is 35.4 Å². The summed E-state index contributed by atoms with van der Waals surface area (Å²) in [5.74, 6) is -0.0388. The number of hydrogen-bond acceptors (Lipinski definition) is 3. The van der Waals surface area contributed by atoms with Gasteiger partial charge in [-0.15, -0.1) is 0 Å². The fourth-order valence-electron chi connectivity index (χ4n) is 1.92. The molecule has 0 heterocycles. The van der Waals surface area contributed by atoms with Gasteiger partial charge in [0.05, 0.1) is 18.6 Å². The molecule has 2 unspecified atom stereocenters. The zero-order chi connectivity index (χ0) is 13.5. The van der Waals surface area contributed by atoms with E-state index in [0.717, 1.165) is 5.56 Å². The summed E-state index contributed by atoms with van der Waals surface area (Å²) in [6.07, 6.45) is 0.0810. The highest BCUT2D eigenvalue weighted by molar-refractivity contribution is 5.77. The van der Waals surface area contributed by atoms with E-state index in [2.05, 4.69) is 5.32 Å². The number of methoxy groups -OCH3 is 1. The second-order valence-corrected chi connectivity index (χ2v) is 4.44. The lowest BCUT2D eigenvalue weighted by Crippen LogP contribution is -2.33. The molecule has 0 aliphatic carbocycles. The highest BCUT2D eigenvalue weighted by atomic mass is 16.5. The molecule has 0 aliphatic heterocycles. The summed E-state index contributed by atoms with van der Waals surface area (Å²) in [7, 11) is 1.57. The van der Waals surface area contributed by atoms with Crippen LogP contribution in [0.4, 0.5) is 0 Å². The molecule has 0 aliphatic rings. The number of carbonyl (C=O) groups is 1. The van der Waals surface area contributed by atoms with Gasteiger partial charge in [-0.2, -0.15) is 0 Å². The van der Waals surface area contributed by atoms with E-state index in [1.807, 2.05) is 38.1 Å². The van der Waals surface area contributed by atoms with Gasteiger partial charge in [-0.1, -0.05) is 24.3 Å². The van der Waals surface area contributed by atoms with Crippen LogP contribution in [-0.2, 0) is 9.53 Å². The van der Waals surface area contributed by atoms with E-state index in [0.29, 0.717) is 13.0 Å². The first kappa shape index (κ1) is 14.7. The Balaban J connectivity index is 2.57. The summed E-state index contributed by atoms with van der Waals surface area (Å²) in [6.45, 7) is 4.36. The second kappa shape index (κ2) is 7.13. The van der Waals surface area contributed by atoms with Gasteiger partial charge in [0.2, 0.25) is 5.91 Å². The van der Waals surface area contributed by atoms with Crippen LogP contribution in [0.25, 0.3) is 0 Å². The Labute approximate surface area is 109 Å². The highest BCUT2D eigenvalue weighted by Gasteiger charge is 2.15. The largest absolute Gasteiger partial charge is 0.380 e. The quantitative estimate of drug-likeness (QED) is 0.805. The van der Waals surface area contributed by atoms with Crippen LogP contribution in [0.1, 0.15) is 30.5 Å². The molecule has 18 heavy (non-hydrogen) atoms. The minimum atomic E-state index is -0.214. The molecule has 4 heteroatoms. The van der Waals surface area contributed by atoms with Gasteiger partial charge < -0.3 is 15.8 Å². The number of nitrogens with one attached hydrogen (secondary N) is 1. The summed E-state index contributed by atoms with van der Waals surface area (Å²) in [6, 6.07) is 8.02. The van der Waals surface area contributed by atoms with E-state index in [9.17, 15) is 4.79 Å². The Kier molecular flexibility index (Phi) is 5.82. The normalized spacial score (nSPS) is 14.0. The fourth-order valence-corrected chi connectivity index (χ4v) is 1.92. The van der Waals surface area contributed by atoms with Crippen LogP contribution < -0.4 is 11.1 Å². The van der Waals surface area contributed by atoms with Crippen molar-refractivity contribution in [2.45, 2.75) is 32.4 Å². The van der Waals surface area contributed by atoms with Crippen molar-refractivity contribution in [2.75, 3.05) is 13.7 Å². The molecular formula is C14H22N2O2. The van der Waals surface area contributed by atoms with Gasteiger partial charge >= 0.3 is 0 Å². The van der Waals surface area contributed by atoms with Crippen LogP contribution in [0.15, 0.2) is 24.3 Å². The van der Waals surface area contributed by atoms with E-state index >= 15 is 0 Å². The average Bonchev–Trinajstić information content (AvgIpc) is 2.36. The molecule has 4 nitrogen and oxygen atoms in total. The van der Waals surface area contributed by atoms with Gasteiger partial charge in [0.25, 0.3) is 0 Å². The fraction of sp³-hybridized carbons (Fsp3) is 0.500. The Hall–Kier alpha value is -1.39. The standard InChI is InChI=1S/C14H22N2O2/c1-10-6-4-5-7-13(10)11(2)16-14(17)8-12(9-15)18-3/h4-7,11-12H,8-9,15H2,1-3H3,(H,16,17). The van der Waals surface area contributed by atoms with Crippen molar-refractivity contribution in [3.8, 4) is 0 Å². The monoisotopic (exact) mass is 250 g/mol. The maximum Gasteiger partial charge on any atom is 0.223 e. The second-order valence-electron chi connectivity index (χ2n) is 4.44. The minimum absolute atomic E-state index is 0.00557. The lowest BCUT2D eigenvalue weighted by Gasteiger charge is -2.18. The van der Waals surface area contributed by atoms with Gasteiger partial charge in [-0.25, -0.2) is 0 Å². The van der Waals surface area contributed by atoms with Gasteiger partial charge in [0.1, 0.15) is 0 Å². The van der Waals surface area contributed by atoms with Gasteiger partial charge in [0.15, 0.2) is 0 Å². The maximum atomic E-state index is 11.8. The first-order valence-electron chi connectivity index (χ1n) is 6.16. The van der Waals surface area contributed by atoms with Crippen molar-refractivity contribution in [2.24, 2.45) is 5.73 Å². The minimum Gasteiger partial charge on any atom is -0.380 e. The SMILES string of the molecule is COC(CN)CC(=O)NC(C)c1ccccc1C. The number of ether oxygens (including phenoxy) is 1. The number of amides is 1.